The summed E-state index contributed by atoms with van der Waals surface area (Å²) in [4.78, 5) is 10.8. The Balaban J connectivity index is 2.23. The van der Waals surface area contributed by atoms with E-state index >= 15 is 0 Å². The highest BCUT2D eigenvalue weighted by Gasteiger charge is 2.07. The molecule has 0 saturated carbocycles. The van der Waals surface area contributed by atoms with Crippen LogP contribution in [0.3, 0.4) is 0 Å². The maximum Gasteiger partial charge on any atom is 0.160 e. The van der Waals surface area contributed by atoms with Crippen molar-refractivity contribution in [2.24, 2.45) is 0 Å². The molecule has 0 saturated heterocycles. The monoisotopic (exact) mass is 257 g/mol. The predicted molar refractivity (Wildman–Crippen MR) is 68.6 cm³/mol. The molecule has 0 atom stereocenters. The van der Waals surface area contributed by atoms with E-state index in [1.807, 2.05) is 12.1 Å². The first-order valence-electron chi connectivity index (χ1n) is 5.71. The van der Waals surface area contributed by atoms with Crippen LogP contribution < -0.4 is 0 Å². The van der Waals surface area contributed by atoms with E-state index in [2.05, 4.69) is 0 Å². The zero-order chi connectivity index (χ0) is 13.4. The largest absolute Gasteiger partial charge is 0.316 e. The normalized spacial score (nSPS) is 10.8. The van der Waals surface area contributed by atoms with E-state index in [1.54, 1.807) is 22.9 Å². The van der Waals surface area contributed by atoms with Gasteiger partial charge in [0.1, 0.15) is 6.29 Å². The molecule has 2 nitrogen and oxygen atoms in total. The minimum atomic E-state index is -0.897. The maximum absolute atomic E-state index is 13.3. The number of aldehydes is 1. The minimum Gasteiger partial charge on any atom is -0.316 e. The topological polar surface area (TPSA) is 22.0 Å². The van der Waals surface area contributed by atoms with Gasteiger partial charge in [-0.15, -0.1) is 0 Å². The van der Waals surface area contributed by atoms with E-state index < -0.39 is 11.6 Å². The van der Waals surface area contributed by atoms with Crippen LogP contribution >= 0.6 is 0 Å². The summed E-state index contributed by atoms with van der Waals surface area (Å²) in [6.45, 7) is 0. The van der Waals surface area contributed by atoms with Gasteiger partial charge in [-0.05, 0) is 29.7 Å². The number of carbonyl (C=O) groups excluding carboxylic acids is 1. The molecule has 0 aliphatic heterocycles. The summed E-state index contributed by atoms with van der Waals surface area (Å²) in [5.41, 5.74) is 1.82. The van der Waals surface area contributed by atoms with Crippen molar-refractivity contribution in [2.75, 3.05) is 0 Å². The molecule has 0 N–H and O–H groups in total. The summed E-state index contributed by atoms with van der Waals surface area (Å²) in [6.07, 6.45) is 2.51. The minimum absolute atomic E-state index is 0.511. The Labute approximate surface area is 107 Å². The zero-order valence-corrected chi connectivity index (χ0v) is 9.81. The number of nitrogens with zero attached hydrogens (tertiary/aromatic N) is 1. The Hall–Kier alpha value is -2.49. The molecule has 1 heterocycles. The SMILES string of the molecule is O=Cc1ccc2ccn(-c3ccc(F)c(F)c3)c2c1. The third kappa shape index (κ3) is 1.91. The second kappa shape index (κ2) is 4.31. The van der Waals surface area contributed by atoms with Gasteiger partial charge in [-0.3, -0.25) is 4.79 Å². The molecule has 19 heavy (non-hydrogen) atoms. The highest BCUT2D eigenvalue weighted by molar-refractivity contribution is 5.88. The molecule has 0 radical (unpaired) electrons. The lowest BCUT2D eigenvalue weighted by Crippen LogP contribution is -1.95. The lowest BCUT2D eigenvalue weighted by Gasteiger charge is -2.06. The number of hydrogen-bond donors (Lipinski definition) is 0. The summed E-state index contributed by atoms with van der Waals surface area (Å²) < 4.78 is 27.9. The van der Waals surface area contributed by atoms with Crippen LogP contribution in [-0.2, 0) is 0 Å². The zero-order valence-electron chi connectivity index (χ0n) is 9.81. The van der Waals surface area contributed by atoms with Crippen LogP contribution in [0.2, 0.25) is 0 Å². The highest BCUT2D eigenvalue weighted by atomic mass is 19.2. The fourth-order valence-corrected chi connectivity index (χ4v) is 2.08. The van der Waals surface area contributed by atoms with E-state index in [0.717, 1.165) is 29.3 Å². The predicted octanol–water partition coefficient (Wildman–Crippen LogP) is 3.72. The third-order valence-corrected chi connectivity index (χ3v) is 3.03. The summed E-state index contributed by atoms with van der Waals surface area (Å²) in [7, 11) is 0. The van der Waals surface area contributed by atoms with Gasteiger partial charge >= 0.3 is 0 Å². The molecular weight excluding hydrogens is 248 g/mol. The number of aromatic nitrogens is 1. The van der Waals surface area contributed by atoms with Crippen molar-refractivity contribution in [3.8, 4) is 5.69 Å². The standard InChI is InChI=1S/C15H9F2NO/c16-13-4-3-12(8-14(13)17)18-6-5-11-2-1-10(9-19)7-15(11)18/h1-9H. The molecule has 0 aliphatic rings. The fourth-order valence-electron chi connectivity index (χ4n) is 2.08. The molecule has 0 spiro atoms. The molecule has 2 aromatic carbocycles. The van der Waals surface area contributed by atoms with Gasteiger partial charge in [0, 0.05) is 23.5 Å². The Kier molecular flexibility index (Phi) is 2.63. The van der Waals surface area contributed by atoms with Crippen LogP contribution in [0, 0.1) is 11.6 Å². The molecule has 3 rings (SSSR count). The summed E-state index contributed by atoms with van der Waals surface area (Å²) in [5.74, 6) is -1.78. The number of benzene rings is 2. The van der Waals surface area contributed by atoms with Crippen molar-refractivity contribution in [3.05, 3.63) is 65.9 Å². The summed E-state index contributed by atoms with van der Waals surface area (Å²) in [6, 6.07) is 10.8. The Morgan fingerprint density at radius 3 is 2.53 bits per heavy atom. The number of hydrogen-bond acceptors (Lipinski definition) is 1. The van der Waals surface area contributed by atoms with Crippen LogP contribution in [0.15, 0.2) is 48.7 Å². The number of carbonyl (C=O) groups is 1. The molecule has 0 amide bonds. The average molecular weight is 257 g/mol. The molecular formula is C15H9F2NO. The van der Waals surface area contributed by atoms with Crippen molar-refractivity contribution in [1.29, 1.82) is 0 Å². The summed E-state index contributed by atoms with van der Waals surface area (Å²) >= 11 is 0. The van der Waals surface area contributed by atoms with E-state index in [4.69, 9.17) is 0 Å². The van der Waals surface area contributed by atoms with Gasteiger partial charge in [-0.2, -0.15) is 0 Å². The second-order valence-electron chi connectivity index (χ2n) is 4.22. The first-order valence-corrected chi connectivity index (χ1v) is 5.71. The Morgan fingerprint density at radius 1 is 0.947 bits per heavy atom. The third-order valence-electron chi connectivity index (χ3n) is 3.03. The van der Waals surface area contributed by atoms with Gasteiger partial charge in [0.05, 0.1) is 5.52 Å². The smallest absolute Gasteiger partial charge is 0.160 e. The van der Waals surface area contributed by atoms with Crippen molar-refractivity contribution < 1.29 is 13.6 Å². The van der Waals surface area contributed by atoms with Crippen molar-refractivity contribution in [1.82, 2.24) is 4.57 Å². The van der Waals surface area contributed by atoms with Crippen LogP contribution in [0.25, 0.3) is 16.6 Å². The van der Waals surface area contributed by atoms with Crippen LogP contribution in [0.1, 0.15) is 10.4 Å². The molecule has 4 heteroatoms. The van der Waals surface area contributed by atoms with Gasteiger partial charge in [-0.1, -0.05) is 12.1 Å². The van der Waals surface area contributed by atoms with E-state index in [1.165, 1.54) is 6.07 Å². The van der Waals surface area contributed by atoms with Gasteiger partial charge in [0.15, 0.2) is 11.6 Å². The van der Waals surface area contributed by atoms with E-state index in [-0.39, 0.29) is 0 Å². The lowest BCUT2D eigenvalue weighted by atomic mass is 10.2. The first-order chi connectivity index (χ1) is 9.19. The number of fused-ring (bicyclic) bond motifs is 1. The van der Waals surface area contributed by atoms with Crippen molar-refractivity contribution >= 4 is 17.2 Å². The van der Waals surface area contributed by atoms with Crippen LogP contribution in [0.4, 0.5) is 8.78 Å². The Bertz CT molecular complexity index is 777. The van der Waals surface area contributed by atoms with Gasteiger partial charge < -0.3 is 4.57 Å². The van der Waals surface area contributed by atoms with Gasteiger partial charge in [0.2, 0.25) is 0 Å². The second-order valence-corrected chi connectivity index (χ2v) is 4.22. The quantitative estimate of drug-likeness (QED) is 0.641. The lowest BCUT2D eigenvalue weighted by molar-refractivity contribution is 0.112. The van der Waals surface area contributed by atoms with Crippen LogP contribution in [-0.4, -0.2) is 10.9 Å². The molecule has 0 bridgehead atoms. The molecule has 3 aromatic rings. The fraction of sp³-hybridized carbons (Fsp3) is 0. The van der Waals surface area contributed by atoms with Gasteiger partial charge in [-0.25, -0.2) is 8.78 Å². The van der Waals surface area contributed by atoms with Crippen LogP contribution in [0.5, 0.6) is 0 Å². The highest BCUT2D eigenvalue weighted by Crippen LogP contribution is 2.22. The molecule has 0 unspecified atom stereocenters. The average Bonchev–Trinajstić information content (AvgIpc) is 2.84. The molecule has 94 valence electrons. The molecule has 0 aliphatic carbocycles. The number of rotatable bonds is 2. The molecule has 1 aromatic heterocycles. The molecule has 0 fully saturated rings. The van der Waals surface area contributed by atoms with Gasteiger partial charge in [0.25, 0.3) is 0 Å². The van der Waals surface area contributed by atoms with E-state index in [0.29, 0.717) is 11.3 Å². The van der Waals surface area contributed by atoms with Crippen molar-refractivity contribution in [3.63, 3.8) is 0 Å². The maximum atomic E-state index is 13.3. The first kappa shape index (κ1) is 11.6. The summed E-state index contributed by atoms with van der Waals surface area (Å²) in [5, 5.41) is 0.926. The Morgan fingerprint density at radius 2 is 1.79 bits per heavy atom. The number of halogens is 2. The van der Waals surface area contributed by atoms with E-state index in [9.17, 15) is 13.6 Å². The van der Waals surface area contributed by atoms with Crippen molar-refractivity contribution in [2.45, 2.75) is 0 Å².